The van der Waals surface area contributed by atoms with Gasteiger partial charge in [0.25, 0.3) is 0 Å². The van der Waals surface area contributed by atoms with Crippen LogP contribution in [0.15, 0.2) is 80.0 Å². The number of nitrogens with one attached hydrogen (secondary N) is 2. The topological polar surface area (TPSA) is 68.3 Å². The molecule has 29 heavy (non-hydrogen) atoms. The van der Waals surface area contributed by atoms with Crippen molar-refractivity contribution in [3.63, 3.8) is 0 Å². The lowest BCUT2D eigenvalue weighted by Crippen LogP contribution is -2.04. The fourth-order valence-corrected chi connectivity index (χ4v) is 2.42. The summed E-state index contributed by atoms with van der Waals surface area (Å²) in [6, 6.07) is 14.4. The molecule has 0 saturated heterocycles. The first-order valence-corrected chi connectivity index (χ1v) is 8.92. The molecule has 0 aliphatic carbocycles. The highest BCUT2D eigenvalue weighted by Gasteiger charge is 2.09. The van der Waals surface area contributed by atoms with Gasteiger partial charge in [-0.1, -0.05) is 37.4 Å². The van der Waals surface area contributed by atoms with Crippen molar-refractivity contribution in [3.8, 4) is 11.5 Å². The second-order valence-corrected chi connectivity index (χ2v) is 5.90. The minimum Gasteiger partial charge on any atom is -0.489 e. The first-order chi connectivity index (χ1) is 14.2. The lowest BCUT2D eigenvalue weighted by molar-refractivity contribution is 0.363. The predicted molar refractivity (Wildman–Crippen MR) is 113 cm³/mol. The van der Waals surface area contributed by atoms with E-state index in [-0.39, 0.29) is 11.8 Å². The summed E-state index contributed by atoms with van der Waals surface area (Å²) >= 11 is 0. The van der Waals surface area contributed by atoms with Crippen molar-refractivity contribution in [3.05, 3.63) is 85.9 Å². The first-order valence-electron chi connectivity index (χ1n) is 8.92. The zero-order valence-corrected chi connectivity index (χ0v) is 15.8. The largest absolute Gasteiger partial charge is 0.489 e. The van der Waals surface area contributed by atoms with E-state index in [1.54, 1.807) is 42.5 Å². The third-order valence-electron chi connectivity index (χ3n) is 3.67. The molecule has 0 unspecified atom stereocenters. The highest BCUT2D eigenvalue weighted by Crippen LogP contribution is 2.24. The Morgan fingerprint density at radius 1 is 0.897 bits per heavy atom. The maximum atomic E-state index is 14.2. The Kier molecular flexibility index (Phi) is 6.78. The number of rotatable bonds is 10. The number of halogens is 1. The average molecular weight is 392 g/mol. The summed E-state index contributed by atoms with van der Waals surface area (Å²) in [7, 11) is 0. The molecule has 0 saturated carbocycles. The standard InChI is InChI=1S/C22H21FN4O2/c1-3-11-28-18-9-5-7-16(13-18)25-21-20(23)15-24-22(27-21)26-17-8-6-10-19(14-17)29-12-4-2/h3-10,13-15H,1-2,11-12H2,(H2,24,25,26,27). The zero-order chi connectivity index (χ0) is 20.5. The van der Waals surface area contributed by atoms with Crippen molar-refractivity contribution in [2.45, 2.75) is 0 Å². The molecule has 0 amide bonds. The third-order valence-corrected chi connectivity index (χ3v) is 3.67. The number of hydrogen-bond acceptors (Lipinski definition) is 6. The van der Waals surface area contributed by atoms with E-state index in [1.807, 2.05) is 18.2 Å². The fraction of sp³-hybridized carbons (Fsp3) is 0.0909. The van der Waals surface area contributed by atoms with Gasteiger partial charge in [-0.15, -0.1) is 0 Å². The van der Waals surface area contributed by atoms with Crippen molar-refractivity contribution < 1.29 is 13.9 Å². The molecule has 148 valence electrons. The predicted octanol–water partition coefficient (Wildman–Crippen LogP) is 5.23. The second kappa shape index (κ2) is 9.89. The van der Waals surface area contributed by atoms with Gasteiger partial charge in [0.05, 0.1) is 6.20 Å². The fourth-order valence-electron chi connectivity index (χ4n) is 2.42. The van der Waals surface area contributed by atoms with E-state index in [4.69, 9.17) is 9.47 Å². The molecule has 3 rings (SSSR count). The van der Waals surface area contributed by atoms with Gasteiger partial charge in [-0.3, -0.25) is 0 Å². The molecule has 1 heterocycles. The molecule has 7 heteroatoms. The minimum atomic E-state index is -0.573. The van der Waals surface area contributed by atoms with Crippen LogP contribution in [0.4, 0.5) is 27.5 Å². The number of nitrogens with zero attached hydrogens (tertiary/aromatic N) is 2. The van der Waals surface area contributed by atoms with Crippen LogP contribution in [-0.4, -0.2) is 23.2 Å². The van der Waals surface area contributed by atoms with Crippen LogP contribution >= 0.6 is 0 Å². The van der Waals surface area contributed by atoms with Crippen LogP contribution in [0, 0.1) is 5.82 Å². The van der Waals surface area contributed by atoms with Gasteiger partial charge < -0.3 is 20.1 Å². The van der Waals surface area contributed by atoms with Gasteiger partial charge in [0.1, 0.15) is 24.7 Å². The number of anilines is 4. The summed E-state index contributed by atoms with van der Waals surface area (Å²) in [6.07, 6.45) is 4.42. The summed E-state index contributed by atoms with van der Waals surface area (Å²) in [5.74, 6) is 1.03. The van der Waals surface area contributed by atoms with E-state index in [0.717, 1.165) is 6.20 Å². The molecule has 0 aliphatic heterocycles. The van der Waals surface area contributed by atoms with Gasteiger partial charge in [0, 0.05) is 23.5 Å². The van der Waals surface area contributed by atoms with Crippen molar-refractivity contribution in [2.24, 2.45) is 0 Å². The molecule has 1 aromatic heterocycles. The van der Waals surface area contributed by atoms with Gasteiger partial charge in [-0.25, -0.2) is 9.37 Å². The van der Waals surface area contributed by atoms with Crippen LogP contribution in [0.2, 0.25) is 0 Å². The average Bonchev–Trinajstić information content (AvgIpc) is 2.74. The highest BCUT2D eigenvalue weighted by atomic mass is 19.1. The first kappa shape index (κ1) is 19.9. The summed E-state index contributed by atoms with van der Waals surface area (Å²) in [4.78, 5) is 8.22. The van der Waals surface area contributed by atoms with Gasteiger partial charge in [-0.2, -0.15) is 4.98 Å². The van der Waals surface area contributed by atoms with Gasteiger partial charge in [0.2, 0.25) is 5.95 Å². The van der Waals surface area contributed by atoms with Crippen molar-refractivity contribution in [2.75, 3.05) is 23.8 Å². The molecule has 2 N–H and O–H groups in total. The maximum absolute atomic E-state index is 14.2. The van der Waals surface area contributed by atoms with Crippen LogP contribution in [0.1, 0.15) is 0 Å². The molecule has 3 aromatic rings. The Bertz CT molecular complexity index is 994. The smallest absolute Gasteiger partial charge is 0.229 e. The number of hydrogen-bond donors (Lipinski definition) is 2. The van der Waals surface area contributed by atoms with Gasteiger partial charge in [0.15, 0.2) is 11.6 Å². The molecule has 0 bridgehead atoms. The Labute approximate surface area is 168 Å². The van der Waals surface area contributed by atoms with Crippen LogP contribution in [0.25, 0.3) is 0 Å². The molecule has 0 aliphatic rings. The molecule has 6 nitrogen and oxygen atoms in total. The summed E-state index contributed by atoms with van der Waals surface area (Å²) < 4.78 is 25.2. The Morgan fingerprint density at radius 2 is 1.48 bits per heavy atom. The normalized spacial score (nSPS) is 10.1. The van der Waals surface area contributed by atoms with E-state index < -0.39 is 5.82 Å². The molecule has 0 fully saturated rings. The van der Waals surface area contributed by atoms with Crippen LogP contribution < -0.4 is 20.1 Å². The summed E-state index contributed by atoms with van der Waals surface area (Å²) in [6.45, 7) is 8.03. The summed E-state index contributed by atoms with van der Waals surface area (Å²) in [5, 5.41) is 5.99. The van der Waals surface area contributed by atoms with Crippen LogP contribution in [0.3, 0.4) is 0 Å². The number of benzene rings is 2. The third kappa shape index (κ3) is 5.80. The van der Waals surface area contributed by atoms with Crippen molar-refractivity contribution >= 4 is 23.1 Å². The van der Waals surface area contributed by atoms with Crippen LogP contribution in [-0.2, 0) is 0 Å². The lowest BCUT2D eigenvalue weighted by atomic mass is 10.3. The molecular formula is C22H21FN4O2. The summed E-state index contributed by atoms with van der Waals surface area (Å²) in [5.41, 5.74) is 1.35. The van der Waals surface area contributed by atoms with Gasteiger partial charge in [-0.05, 0) is 24.3 Å². The van der Waals surface area contributed by atoms with E-state index in [0.29, 0.717) is 36.1 Å². The minimum absolute atomic E-state index is 0.0439. The molecule has 0 spiro atoms. The Morgan fingerprint density at radius 3 is 2.07 bits per heavy atom. The number of aromatic nitrogens is 2. The molecule has 0 atom stereocenters. The quantitative estimate of drug-likeness (QED) is 0.460. The maximum Gasteiger partial charge on any atom is 0.229 e. The highest BCUT2D eigenvalue weighted by molar-refractivity contribution is 5.61. The van der Waals surface area contributed by atoms with E-state index >= 15 is 0 Å². The van der Waals surface area contributed by atoms with Crippen molar-refractivity contribution in [1.82, 2.24) is 9.97 Å². The van der Waals surface area contributed by atoms with E-state index in [1.165, 1.54) is 0 Å². The SMILES string of the molecule is C=CCOc1cccc(Nc2ncc(F)c(Nc3cccc(OCC=C)c3)n2)c1. The van der Waals surface area contributed by atoms with Crippen molar-refractivity contribution in [1.29, 1.82) is 0 Å². The van der Waals surface area contributed by atoms with Crippen LogP contribution in [0.5, 0.6) is 11.5 Å². The second-order valence-electron chi connectivity index (χ2n) is 5.90. The molecular weight excluding hydrogens is 371 g/mol. The lowest BCUT2D eigenvalue weighted by Gasteiger charge is -2.11. The molecule has 2 aromatic carbocycles. The van der Waals surface area contributed by atoms with E-state index in [2.05, 4.69) is 33.8 Å². The Balaban J connectivity index is 1.75. The number of ether oxygens (including phenoxy) is 2. The van der Waals surface area contributed by atoms with E-state index in [9.17, 15) is 4.39 Å². The monoisotopic (exact) mass is 392 g/mol. The Hall–Kier alpha value is -3.87. The van der Waals surface area contributed by atoms with Gasteiger partial charge >= 0.3 is 0 Å². The zero-order valence-electron chi connectivity index (χ0n) is 15.8. The molecule has 0 radical (unpaired) electrons.